The third kappa shape index (κ3) is 4.38. The Bertz CT molecular complexity index is 870. The van der Waals surface area contributed by atoms with Crippen molar-refractivity contribution in [2.45, 2.75) is 19.8 Å². The maximum atomic E-state index is 12.0. The lowest BCUT2D eigenvalue weighted by atomic mass is 10.1. The second-order valence-electron chi connectivity index (χ2n) is 5.56. The summed E-state index contributed by atoms with van der Waals surface area (Å²) in [4.78, 5) is 27.5. The van der Waals surface area contributed by atoms with Crippen LogP contribution in [-0.4, -0.2) is 21.8 Å². The van der Waals surface area contributed by atoms with Crippen molar-refractivity contribution < 1.29 is 14.1 Å². The predicted molar refractivity (Wildman–Crippen MR) is 93.1 cm³/mol. The topological polar surface area (TPSA) is 85.1 Å². The Hall–Kier alpha value is -3.28. The van der Waals surface area contributed by atoms with E-state index in [-0.39, 0.29) is 18.1 Å². The Morgan fingerprint density at radius 2 is 1.76 bits per heavy atom. The standard InChI is InChI=1S/C19H17N3O3/c1-13(23)14-7-9-16(10-8-14)20-17(24)11-12-18-21-19(22-25-18)15-5-3-2-4-6-15/h2-10H,11-12H2,1H3,(H,20,24). The molecular formula is C19H17N3O3. The van der Waals surface area contributed by atoms with E-state index in [9.17, 15) is 9.59 Å². The first kappa shape index (κ1) is 16.6. The number of aromatic nitrogens is 2. The van der Waals surface area contributed by atoms with E-state index in [1.807, 2.05) is 30.3 Å². The van der Waals surface area contributed by atoms with Gasteiger partial charge in [-0.2, -0.15) is 4.98 Å². The van der Waals surface area contributed by atoms with Crippen LogP contribution in [0, 0.1) is 0 Å². The zero-order valence-corrected chi connectivity index (χ0v) is 13.7. The number of aryl methyl sites for hydroxylation is 1. The molecule has 0 bridgehead atoms. The van der Waals surface area contributed by atoms with Gasteiger partial charge in [0.05, 0.1) is 0 Å². The molecule has 1 heterocycles. The van der Waals surface area contributed by atoms with E-state index in [2.05, 4.69) is 15.5 Å². The molecule has 2 aromatic carbocycles. The van der Waals surface area contributed by atoms with Crippen molar-refractivity contribution in [1.29, 1.82) is 0 Å². The van der Waals surface area contributed by atoms with Crippen molar-refractivity contribution in [2.75, 3.05) is 5.32 Å². The van der Waals surface area contributed by atoms with E-state index in [4.69, 9.17) is 4.52 Å². The maximum Gasteiger partial charge on any atom is 0.227 e. The average Bonchev–Trinajstić information content (AvgIpc) is 3.10. The molecule has 6 nitrogen and oxygen atoms in total. The molecule has 0 radical (unpaired) electrons. The number of amides is 1. The van der Waals surface area contributed by atoms with Gasteiger partial charge in [-0.3, -0.25) is 9.59 Å². The number of carbonyl (C=O) groups excluding carboxylic acids is 2. The normalized spacial score (nSPS) is 10.4. The highest BCUT2D eigenvalue weighted by molar-refractivity contribution is 5.95. The number of anilines is 1. The van der Waals surface area contributed by atoms with Crippen molar-refractivity contribution in [3.05, 3.63) is 66.1 Å². The summed E-state index contributed by atoms with van der Waals surface area (Å²) in [5, 5.41) is 6.70. The highest BCUT2D eigenvalue weighted by Gasteiger charge is 2.11. The number of nitrogens with one attached hydrogen (secondary N) is 1. The lowest BCUT2D eigenvalue weighted by molar-refractivity contribution is -0.116. The fourth-order valence-corrected chi connectivity index (χ4v) is 2.29. The van der Waals surface area contributed by atoms with Crippen LogP contribution >= 0.6 is 0 Å². The lowest BCUT2D eigenvalue weighted by Gasteiger charge is -2.04. The third-order valence-corrected chi connectivity index (χ3v) is 3.64. The van der Waals surface area contributed by atoms with Gasteiger partial charge in [-0.15, -0.1) is 0 Å². The molecule has 0 fully saturated rings. The number of hydrogen-bond donors (Lipinski definition) is 1. The molecule has 126 valence electrons. The molecule has 0 aliphatic rings. The van der Waals surface area contributed by atoms with Gasteiger partial charge in [0.2, 0.25) is 17.6 Å². The van der Waals surface area contributed by atoms with Crippen LogP contribution in [0.4, 0.5) is 5.69 Å². The molecule has 0 aliphatic heterocycles. The third-order valence-electron chi connectivity index (χ3n) is 3.64. The molecule has 0 atom stereocenters. The van der Waals surface area contributed by atoms with Crippen molar-refractivity contribution in [2.24, 2.45) is 0 Å². The number of nitrogens with zero attached hydrogens (tertiary/aromatic N) is 2. The minimum Gasteiger partial charge on any atom is -0.339 e. The summed E-state index contributed by atoms with van der Waals surface area (Å²) in [5.41, 5.74) is 2.12. The van der Waals surface area contributed by atoms with E-state index < -0.39 is 0 Å². The number of benzene rings is 2. The fraction of sp³-hybridized carbons (Fsp3) is 0.158. The van der Waals surface area contributed by atoms with Crippen molar-refractivity contribution in [1.82, 2.24) is 10.1 Å². The molecule has 0 saturated carbocycles. The van der Waals surface area contributed by atoms with Gasteiger partial charge in [0, 0.05) is 29.7 Å². The summed E-state index contributed by atoms with van der Waals surface area (Å²) in [5.74, 6) is 0.760. The predicted octanol–water partition coefficient (Wildman–Crippen LogP) is 3.51. The van der Waals surface area contributed by atoms with Gasteiger partial charge >= 0.3 is 0 Å². The van der Waals surface area contributed by atoms with Crippen molar-refractivity contribution in [3.63, 3.8) is 0 Å². The number of ketones is 1. The highest BCUT2D eigenvalue weighted by atomic mass is 16.5. The van der Waals surface area contributed by atoms with Crippen LogP contribution in [0.5, 0.6) is 0 Å². The summed E-state index contributed by atoms with van der Waals surface area (Å²) >= 11 is 0. The van der Waals surface area contributed by atoms with Crippen LogP contribution in [0.25, 0.3) is 11.4 Å². The minimum absolute atomic E-state index is 0.0107. The first-order valence-electron chi connectivity index (χ1n) is 7.90. The Balaban J connectivity index is 1.54. The molecule has 1 aromatic heterocycles. The molecule has 1 N–H and O–H groups in total. The quantitative estimate of drug-likeness (QED) is 0.697. The molecule has 3 rings (SSSR count). The fourth-order valence-electron chi connectivity index (χ4n) is 2.29. The smallest absolute Gasteiger partial charge is 0.227 e. The minimum atomic E-state index is -0.157. The summed E-state index contributed by atoms with van der Waals surface area (Å²) in [6, 6.07) is 16.3. The highest BCUT2D eigenvalue weighted by Crippen LogP contribution is 2.16. The van der Waals surface area contributed by atoms with Gasteiger partial charge in [-0.25, -0.2) is 0 Å². The van der Waals surface area contributed by atoms with Gasteiger partial charge in [-0.05, 0) is 31.2 Å². The first-order valence-corrected chi connectivity index (χ1v) is 7.90. The van der Waals surface area contributed by atoms with E-state index >= 15 is 0 Å². The van der Waals surface area contributed by atoms with E-state index in [0.717, 1.165) is 5.56 Å². The number of hydrogen-bond acceptors (Lipinski definition) is 5. The molecule has 6 heteroatoms. The van der Waals surface area contributed by atoms with Crippen LogP contribution in [-0.2, 0) is 11.2 Å². The molecule has 3 aromatic rings. The zero-order valence-electron chi connectivity index (χ0n) is 13.7. The number of carbonyl (C=O) groups is 2. The summed E-state index contributed by atoms with van der Waals surface area (Å²) < 4.78 is 5.18. The second-order valence-corrected chi connectivity index (χ2v) is 5.56. The summed E-state index contributed by atoms with van der Waals surface area (Å²) in [6.07, 6.45) is 0.585. The Morgan fingerprint density at radius 3 is 2.44 bits per heavy atom. The van der Waals surface area contributed by atoms with Crippen molar-refractivity contribution in [3.8, 4) is 11.4 Å². The average molecular weight is 335 g/mol. The van der Waals surface area contributed by atoms with Crippen LogP contribution in [0.15, 0.2) is 59.1 Å². The molecule has 0 spiro atoms. The Morgan fingerprint density at radius 1 is 1.04 bits per heavy atom. The Labute approximate surface area is 144 Å². The van der Waals surface area contributed by atoms with Gasteiger partial charge in [0.15, 0.2) is 5.78 Å². The van der Waals surface area contributed by atoms with E-state index in [1.165, 1.54) is 6.92 Å². The molecule has 0 aliphatic carbocycles. The van der Waals surface area contributed by atoms with Gasteiger partial charge < -0.3 is 9.84 Å². The SMILES string of the molecule is CC(=O)c1ccc(NC(=O)CCc2nc(-c3ccccc3)no2)cc1. The van der Waals surface area contributed by atoms with E-state index in [1.54, 1.807) is 24.3 Å². The van der Waals surface area contributed by atoms with Crippen LogP contribution in [0.1, 0.15) is 29.6 Å². The molecule has 25 heavy (non-hydrogen) atoms. The molecule has 1 amide bonds. The lowest BCUT2D eigenvalue weighted by Crippen LogP contribution is -2.12. The molecule has 0 saturated heterocycles. The first-order chi connectivity index (χ1) is 12.1. The second kappa shape index (κ2) is 7.53. The van der Waals surface area contributed by atoms with Gasteiger partial charge in [-0.1, -0.05) is 35.5 Å². The number of rotatable bonds is 6. The molecule has 0 unspecified atom stereocenters. The van der Waals surface area contributed by atoms with Crippen LogP contribution < -0.4 is 5.32 Å². The summed E-state index contributed by atoms with van der Waals surface area (Å²) in [7, 11) is 0. The Kier molecular flexibility index (Phi) is 4.99. The monoisotopic (exact) mass is 335 g/mol. The number of Topliss-reactive ketones (excluding diaryl/α,β-unsaturated/α-hetero) is 1. The largest absolute Gasteiger partial charge is 0.339 e. The van der Waals surface area contributed by atoms with Crippen LogP contribution in [0.3, 0.4) is 0 Å². The maximum absolute atomic E-state index is 12.0. The molecular weight excluding hydrogens is 318 g/mol. The van der Waals surface area contributed by atoms with E-state index in [0.29, 0.717) is 29.4 Å². The van der Waals surface area contributed by atoms with Crippen molar-refractivity contribution >= 4 is 17.4 Å². The van der Waals surface area contributed by atoms with Gasteiger partial charge in [0.1, 0.15) is 0 Å². The van der Waals surface area contributed by atoms with Crippen LogP contribution in [0.2, 0.25) is 0 Å². The zero-order chi connectivity index (χ0) is 17.6. The summed E-state index contributed by atoms with van der Waals surface area (Å²) in [6.45, 7) is 1.50. The van der Waals surface area contributed by atoms with Gasteiger partial charge in [0.25, 0.3) is 0 Å².